The van der Waals surface area contributed by atoms with Crippen molar-refractivity contribution in [3.63, 3.8) is 0 Å². The van der Waals surface area contributed by atoms with Gasteiger partial charge in [-0.15, -0.1) is 10.2 Å². The number of benzene rings is 1. The minimum atomic E-state index is -0.449. The second-order valence-electron chi connectivity index (χ2n) is 4.18. The van der Waals surface area contributed by atoms with Crippen molar-refractivity contribution in [2.24, 2.45) is 10.2 Å². The summed E-state index contributed by atoms with van der Waals surface area (Å²) in [7, 11) is 0. The van der Waals surface area contributed by atoms with Crippen LogP contribution in [-0.2, 0) is 0 Å². The number of rotatable bonds is 2. The van der Waals surface area contributed by atoms with Crippen LogP contribution in [0.3, 0.4) is 0 Å². The lowest BCUT2D eigenvalue weighted by atomic mass is 10.2. The molecule has 0 fully saturated rings. The lowest BCUT2D eigenvalue weighted by Crippen LogP contribution is -1.93. The highest BCUT2D eigenvalue weighted by Gasteiger charge is 2.08. The highest BCUT2D eigenvalue weighted by atomic mass is 16.1. The maximum absolute atomic E-state index is 11.8. The molecule has 0 aliphatic heterocycles. The van der Waals surface area contributed by atoms with E-state index in [2.05, 4.69) is 20.2 Å². The van der Waals surface area contributed by atoms with Gasteiger partial charge >= 0.3 is 0 Å². The first-order chi connectivity index (χ1) is 9.75. The van der Waals surface area contributed by atoms with E-state index in [0.717, 1.165) is 10.8 Å². The number of hydrogen-bond acceptors (Lipinski definition) is 4. The average molecular weight is 265 g/mol. The third-order valence-electron chi connectivity index (χ3n) is 2.87. The number of carbonyl (C=O) groups is 1. The van der Waals surface area contributed by atoms with Crippen molar-refractivity contribution in [1.82, 2.24) is 9.97 Å². The van der Waals surface area contributed by atoms with Gasteiger partial charge in [-0.2, -0.15) is 0 Å². The predicted octanol–water partition coefficient (Wildman–Crippen LogP) is 3.07. The van der Waals surface area contributed by atoms with Crippen molar-refractivity contribution < 1.29 is 4.79 Å². The van der Waals surface area contributed by atoms with Crippen LogP contribution < -0.4 is 5.73 Å². The fourth-order valence-corrected chi connectivity index (χ4v) is 1.91. The summed E-state index contributed by atoms with van der Waals surface area (Å²) in [5, 5.41) is 9.31. The second-order valence-corrected chi connectivity index (χ2v) is 4.18. The Morgan fingerprint density at radius 2 is 1.95 bits per heavy atom. The number of amides is 1. The standard InChI is InChI=1S/C14H11N5O/c15-12-10-5-1-2-6-11(10)13(17-12)18-19-14(20)9-4-3-7-16-8-9/h1-8,17H,15H2. The van der Waals surface area contributed by atoms with Crippen molar-refractivity contribution in [3.05, 3.63) is 54.4 Å². The van der Waals surface area contributed by atoms with Crippen LogP contribution in [-0.4, -0.2) is 15.9 Å². The molecule has 0 saturated carbocycles. The zero-order valence-corrected chi connectivity index (χ0v) is 10.4. The van der Waals surface area contributed by atoms with Crippen LogP contribution in [0.15, 0.2) is 59.0 Å². The molecule has 2 aromatic heterocycles. The lowest BCUT2D eigenvalue weighted by Gasteiger charge is -1.92. The molecule has 0 atom stereocenters. The van der Waals surface area contributed by atoms with Gasteiger partial charge in [-0.25, -0.2) is 0 Å². The average Bonchev–Trinajstić information content (AvgIpc) is 2.83. The molecule has 0 aliphatic carbocycles. The van der Waals surface area contributed by atoms with E-state index in [1.54, 1.807) is 18.3 Å². The van der Waals surface area contributed by atoms with Crippen molar-refractivity contribution in [3.8, 4) is 0 Å². The molecule has 0 saturated heterocycles. The number of carbonyl (C=O) groups excluding carboxylic acids is 1. The molecule has 6 heteroatoms. The Labute approximate surface area is 114 Å². The van der Waals surface area contributed by atoms with Crippen LogP contribution in [0.1, 0.15) is 10.4 Å². The smallest absolute Gasteiger partial charge is 0.297 e. The summed E-state index contributed by atoms with van der Waals surface area (Å²) in [6.07, 6.45) is 3.04. The second kappa shape index (κ2) is 4.93. The number of nitrogens with two attached hydrogens (primary N) is 1. The topological polar surface area (TPSA) is 96.5 Å². The van der Waals surface area contributed by atoms with Gasteiger partial charge in [-0.05, 0) is 12.1 Å². The van der Waals surface area contributed by atoms with Gasteiger partial charge in [0, 0.05) is 23.2 Å². The van der Waals surface area contributed by atoms with Gasteiger partial charge in [-0.3, -0.25) is 9.78 Å². The normalized spacial score (nSPS) is 11.2. The maximum Gasteiger partial charge on any atom is 0.297 e. The molecule has 6 nitrogen and oxygen atoms in total. The van der Waals surface area contributed by atoms with Crippen LogP contribution in [0.5, 0.6) is 0 Å². The molecule has 3 N–H and O–H groups in total. The van der Waals surface area contributed by atoms with E-state index < -0.39 is 5.91 Å². The molecule has 0 radical (unpaired) electrons. The number of nitrogens with zero attached hydrogens (tertiary/aromatic N) is 3. The first-order valence-electron chi connectivity index (χ1n) is 5.98. The summed E-state index contributed by atoms with van der Waals surface area (Å²) in [4.78, 5) is 18.6. The number of H-pyrrole nitrogens is 1. The van der Waals surface area contributed by atoms with Gasteiger partial charge in [0.25, 0.3) is 5.91 Å². The maximum atomic E-state index is 11.8. The zero-order valence-electron chi connectivity index (χ0n) is 10.4. The molecule has 1 aromatic carbocycles. The lowest BCUT2D eigenvalue weighted by molar-refractivity contribution is 0.0994. The summed E-state index contributed by atoms with van der Waals surface area (Å²) in [6, 6.07) is 10.8. The Kier molecular flexibility index (Phi) is 2.96. The highest BCUT2D eigenvalue weighted by molar-refractivity contribution is 6.00. The Morgan fingerprint density at radius 3 is 2.70 bits per heavy atom. The van der Waals surface area contributed by atoms with Gasteiger partial charge in [0.2, 0.25) is 0 Å². The van der Waals surface area contributed by atoms with Crippen molar-refractivity contribution in [2.75, 3.05) is 5.73 Å². The van der Waals surface area contributed by atoms with E-state index in [1.165, 1.54) is 6.20 Å². The van der Waals surface area contributed by atoms with E-state index >= 15 is 0 Å². The fourth-order valence-electron chi connectivity index (χ4n) is 1.91. The predicted molar refractivity (Wildman–Crippen MR) is 75.8 cm³/mol. The van der Waals surface area contributed by atoms with Gasteiger partial charge in [-0.1, -0.05) is 24.3 Å². The van der Waals surface area contributed by atoms with Crippen LogP contribution in [0.4, 0.5) is 11.6 Å². The molecule has 0 spiro atoms. The van der Waals surface area contributed by atoms with Crippen molar-refractivity contribution >= 4 is 28.3 Å². The molecule has 0 bridgehead atoms. The zero-order chi connectivity index (χ0) is 13.9. The van der Waals surface area contributed by atoms with E-state index in [9.17, 15) is 4.79 Å². The number of fused-ring (bicyclic) bond motifs is 1. The Bertz CT molecular complexity index is 792. The van der Waals surface area contributed by atoms with Gasteiger partial charge in [0.1, 0.15) is 5.82 Å². The minimum absolute atomic E-state index is 0.389. The molecule has 20 heavy (non-hydrogen) atoms. The molecule has 1 amide bonds. The minimum Gasteiger partial charge on any atom is -0.385 e. The monoisotopic (exact) mass is 265 g/mol. The molecule has 98 valence electrons. The van der Waals surface area contributed by atoms with E-state index in [1.807, 2.05) is 24.3 Å². The van der Waals surface area contributed by atoms with Crippen LogP contribution >= 0.6 is 0 Å². The largest absolute Gasteiger partial charge is 0.385 e. The summed E-state index contributed by atoms with van der Waals surface area (Å²) in [6.45, 7) is 0. The highest BCUT2D eigenvalue weighted by Crippen LogP contribution is 2.30. The number of nitrogen functional groups attached to an aromatic ring is 1. The summed E-state index contributed by atoms with van der Waals surface area (Å²) >= 11 is 0. The number of nitrogens with one attached hydrogen (secondary N) is 1. The molecule has 0 unspecified atom stereocenters. The van der Waals surface area contributed by atoms with E-state index in [4.69, 9.17) is 5.73 Å². The van der Waals surface area contributed by atoms with Gasteiger partial charge < -0.3 is 10.7 Å². The SMILES string of the molecule is Nc1[nH]c(N=NC(=O)c2cccnc2)c2ccccc12. The number of azo groups is 1. The molecule has 2 heterocycles. The van der Waals surface area contributed by atoms with E-state index in [0.29, 0.717) is 17.2 Å². The molecular formula is C14H11N5O. The van der Waals surface area contributed by atoms with Gasteiger partial charge in [0.15, 0.2) is 5.82 Å². The number of pyridine rings is 1. The Hall–Kier alpha value is -3.02. The number of anilines is 1. The summed E-state index contributed by atoms with van der Waals surface area (Å²) in [5.74, 6) is 0.522. The van der Waals surface area contributed by atoms with Crippen LogP contribution in [0, 0.1) is 0 Å². The van der Waals surface area contributed by atoms with Gasteiger partial charge in [0.05, 0.1) is 5.56 Å². The van der Waals surface area contributed by atoms with E-state index in [-0.39, 0.29) is 0 Å². The Morgan fingerprint density at radius 1 is 1.15 bits per heavy atom. The molecular weight excluding hydrogens is 254 g/mol. The third-order valence-corrected chi connectivity index (χ3v) is 2.87. The first-order valence-corrected chi connectivity index (χ1v) is 5.98. The number of aromatic nitrogens is 2. The molecule has 3 aromatic rings. The fraction of sp³-hybridized carbons (Fsp3) is 0. The summed E-state index contributed by atoms with van der Waals surface area (Å²) in [5.41, 5.74) is 6.23. The van der Waals surface area contributed by atoms with Crippen molar-refractivity contribution in [1.29, 1.82) is 0 Å². The number of hydrogen-bond donors (Lipinski definition) is 2. The molecule has 3 rings (SSSR count). The third kappa shape index (κ3) is 2.14. The Balaban J connectivity index is 1.94. The number of aromatic amines is 1. The van der Waals surface area contributed by atoms with Crippen LogP contribution in [0.25, 0.3) is 10.8 Å². The first kappa shape index (κ1) is 12.0. The quantitative estimate of drug-likeness (QED) is 0.697. The van der Waals surface area contributed by atoms with Crippen molar-refractivity contribution in [2.45, 2.75) is 0 Å². The molecule has 0 aliphatic rings. The summed E-state index contributed by atoms with van der Waals surface area (Å²) < 4.78 is 0. The van der Waals surface area contributed by atoms with Crippen LogP contribution in [0.2, 0.25) is 0 Å².